The number of carboxylic acids is 1. The fourth-order valence-electron chi connectivity index (χ4n) is 1.93. The van der Waals surface area contributed by atoms with Gasteiger partial charge >= 0.3 is 12.1 Å². The summed E-state index contributed by atoms with van der Waals surface area (Å²) in [6, 6.07) is 8.80. The minimum absolute atomic E-state index is 0.213. The fraction of sp³-hybridized carbons (Fsp3) is 0.500. The van der Waals surface area contributed by atoms with E-state index in [4.69, 9.17) is 9.84 Å². The van der Waals surface area contributed by atoms with Crippen LogP contribution < -0.4 is 10.6 Å². The first-order chi connectivity index (χ1) is 10.5. The third-order valence-corrected chi connectivity index (χ3v) is 3.00. The Labute approximate surface area is 130 Å². The van der Waals surface area contributed by atoms with Gasteiger partial charge in [-0.2, -0.15) is 0 Å². The van der Waals surface area contributed by atoms with Crippen molar-refractivity contribution in [3.05, 3.63) is 35.9 Å². The van der Waals surface area contributed by atoms with E-state index < -0.39 is 18.1 Å². The maximum Gasteiger partial charge on any atom is 0.407 e. The van der Waals surface area contributed by atoms with Crippen LogP contribution in [0.25, 0.3) is 0 Å². The lowest BCUT2D eigenvalue weighted by atomic mass is 10.0. The monoisotopic (exact) mass is 308 g/mol. The molecule has 0 radical (unpaired) electrons. The van der Waals surface area contributed by atoms with Gasteiger partial charge < -0.3 is 20.5 Å². The summed E-state index contributed by atoms with van der Waals surface area (Å²) in [5.74, 6) is -0.585. The molecule has 0 spiro atoms. The van der Waals surface area contributed by atoms with Crippen molar-refractivity contribution in [2.24, 2.45) is 5.92 Å². The van der Waals surface area contributed by atoms with E-state index in [0.717, 1.165) is 5.56 Å². The molecule has 122 valence electrons. The molecule has 0 aliphatic carbocycles. The second-order valence-electron chi connectivity index (χ2n) is 5.46. The van der Waals surface area contributed by atoms with Crippen LogP contribution in [-0.2, 0) is 16.1 Å². The Morgan fingerprint density at radius 2 is 1.86 bits per heavy atom. The van der Waals surface area contributed by atoms with Crippen LogP contribution >= 0.6 is 0 Å². The quantitative estimate of drug-likeness (QED) is 0.607. The van der Waals surface area contributed by atoms with Crippen LogP contribution in [0, 0.1) is 5.92 Å². The Balaban J connectivity index is 2.17. The van der Waals surface area contributed by atoms with Crippen molar-refractivity contribution in [3.63, 3.8) is 0 Å². The van der Waals surface area contributed by atoms with Crippen LogP contribution in [0.1, 0.15) is 25.8 Å². The molecule has 0 bridgehead atoms. The Bertz CT molecular complexity index is 462. The van der Waals surface area contributed by atoms with E-state index in [1.54, 1.807) is 0 Å². The summed E-state index contributed by atoms with van der Waals surface area (Å²) in [5, 5.41) is 14.6. The van der Waals surface area contributed by atoms with Crippen LogP contribution in [-0.4, -0.2) is 36.3 Å². The molecular weight excluding hydrogens is 284 g/mol. The zero-order valence-electron chi connectivity index (χ0n) is 13.0. The predicted molar refractivity (Wildman–Crippen MR) is 83.5 cm³/mol. The maximum atomic E-state index is 11.5. The zero-order valence-corrected chi connectivity index (χ0v) is 13.0. The molecule has 1 rings (SSSR count). The average Bonchev–Trinajstić information content (AvgIpc) is 2.48. The molecule has 1 amide bonds. The number of carbonyl (C=O) groups is 2. The molecule has 0 aromatic heterocycles. The molecule has 0 unspecified atom stereocenters. The smallest absolute Gasteiger partial charge is 0.407 e. The number of hydrogen-bond donors (Lipinski definition) is 3. The number of alkyl carbamates (subject to hydrolysis) is 1. The van der Waals surface area contributed by atoms with Crippen LogP contribution in [0.15, 0.2) is 30.3 Å². The highest BCUT2D eigenvalue weighted by molar-refractivity contribution is 5.73. The third kappa shape index (κ3) is 7.64. The second kappa shape index (κ2) is 9.78. The normalized spacial score (nSPS) is 12.0. The number of aliphatic carboxylic acids is 1. The van der Waals surface area contributed by atoms with E-state index in [-0.39, 0.29) is 12.5 Å². The average molecular weight is 308 g/mol. The van der Waals surface area contributed by atoms with E-state index in [0.29, 0.717) is 19.5 Å². The molecule has 6 heteroatoms. The molecular formula is C16H24N2O4. The van der Waals surface area contributed by atoms with Gasteiger partial charge in [-0.25, -0.2) is 4.79 Å². The number of benzene rings is 1. The van der Waals surface area contributed by atoms with Crippen LogP contribution in [0.4, 0.5) is 4.79 Å². The Morgan fingerprint density at radius 3 is 2.45 bits per heavy atom. The summed E-state index contributed by atoms with van der Waals surface area (Å²) >= 11 is 0. The summed E-state index contributed by atoms with van der Waals surface area (Å²) in [6.45, 7) is 4.85. The van der Waals surface area contributed by atoms with E-state index in [2.05, 4.69) is 10.6 Å². The second-order valence-corrected chi connectivity index (χ2v) is 5.46. The molecule has 0 heterocycles. The maximum absolute atomic E-state index is 11.5. The molecule has 1 atom stereocenters. The van der Waals surface area contributed by atoms with Gasteiger partial charge in [-0.15, -0.1) is 0 Å². The molecule has 1 aromatic carbocycles. The Morgan fingerprint density at radius 1 is 1.18 bits per heavy atom. The molecule has 0 fully saturated rings. The lowest BCUT2D eigenvalue weighted by molar-refractivity contribution is -0.139. The Kier molecular flexibility index (Phi) is 7.99. The number of rotatable bonds is 9. The Hall–Kier alpha value is -2.08. The molecule has 1 aromatic rings. The van der Waals surface area contributed by atoms with Crippen molar-refractivity contribution >= 4 is 12.1 Å². The first kappa shape index (κ1) is 18.0. The van der Waals surface area contributed by atoms with Crippen LogP contribution in [0.5, 0.6) is 0 Å². The van der Waals surface area contributed by atoms with Crippen molar-refractivity contribution in [2.45, 2.75) is 32.9 Å². The first-order valence-electron chi connectivity index (χ1n) is 7.39. The SMILES string of the molecule is CC(C)C[C@@H](NCCNC(=O)OCc1ccccc1)C(=O)O. The predicted octanol–water partition coefficient (Wildman–Crippen LogP) is 2.00. The fourth-order valence-corrected chi connectivity index (χ4v) is 1.93. The highest BCUT2D eigenvalue weighted by Crippen LogP contribution is 2.04. The standard InChI is InChI=1S/C16H24N2O4/c1-12(2)10-14(15(19)20)17-8-9-18-16(21)22-11-13-6-4-3-5-7-13/h3-7,12,14,17H,8-11H2,1-2H3,(H,18,21)(H,19,20)/t14-/m1/s1. The molecule has 0 saturated heterocycles. The lowest BCUT2D eigenvalue weighted by Crippen LogP contribution is -2.42. The van der Waals surface area contributed by atoms with E-state index in [1.807, 2.05) is 44.2 Å². The first-order valence-corrected chi connectivity index (χ1v) is 7.39. The van der Waals surface area contributed by atoms with Crippen molar-refractivity contribution in [3.8, 4) is 0 Å². The largest absolute Gasteiger partial charge is 0.480 e. The number of ether oxygens (including phenoxy) is 1. The minimum atomic E-state index is -0.875. The molecule has 6 nitrogen and oxygen atoms in total. The van der Waals surface area contributed by atoms with Gasteiger partial charge in [-0.05, 0) is 17.9 Å². The topological polar surface area (TPSA) is 87.7 Å². The number of nitrogens with one attached hydrogen (secondary N) is 2. The van der Waals surface area contributed by atoms with Gasteiger partial charge in [0.15, 0.2) is 0 Å². The lowest BCUT2D eigenvalue weighted by Gasteiger charge is -2.16. The van der Waals surface area contributed by atoms with E-state index in [9.17, 15) is 9.59 Å². The third-order valence-electron chi connectivity index (χ3n) is 3.00. The zero-order chi connectivity index (χ0) is 16.4. The number of carboxylic acid groups (broad SMARTS) is 1. The molecule has 0 aliphatic rings. The van der Waals surface area contributed by atoms with Gasteiger partial charge in [0.1, 0.15) is 12.6 Å². The summed E-state index contributed by atoms with van der Waals surface area (Å²) < 4.78 is 5.05. The summed E-state index contributed by atoms with van der Waals surface area (Å²) in [7, 11) is 0. The molecule has 3 N–H and O–H groups in total. The summed E-state index contributed by atoms with van der Waals surface area (Å²) in [5.41, 5.74) is 0.915. The highest BCUT2D eigenvalue weighted by atomic mass is 16.5. The summed E-state index contributed by atoms with van der Waals surface area (Å²) in [4.78, 5) is 22.5. The van der Waals surface area contributed by atoms with Gasteiger partial charge in [0, 0.05) is 13.1 Å². The molecule has 0 aliphatic heterocycles. The number of hydrogen-bond acceptors (Lipinski definition) is 4. The highest BCUT2D eigenvalue weighted by Gasteiger charge is 2.17. The number of amides is 1. The van der Waals surface area contributed by atoms with Crippen molar-refractivity contribution in [1.82, 2.24) is 10.6 Å². The van der Waals surface area contributed by atoms with Crippen LogP contribution in [0.2, 0.25) is 0 Å². The van der Waals surface area contributed by atoms with Gasteiger partial charge in [-0.1, -0.05) is 44.2 Å². The number of carbonyl (C=O) groups excluding carboxylic acids is 1. The van der Waals surface area contributed by atoms with E-state index in [1.165, 1.54) is 0 Å². The molecule has 0 saturated carbocycles. The molecule has 22 heavy (non-hydrogen) atoms. The van der Waals surface area contributed by atoms with Gasteiger partial charge in [0.2, 0.25) is 0 Å². The van der Waals surface area contributed by atoms with Crippen molar-refractivity contribution < 1.29 is 19.4 Å². The van der Waals surface area contributed by atoms with Gasteiger partial charge in [-0.3, -0.25) is 4.79 Å². The summed E-state index contributed by atoms with van der Waals surface area (Å²) in [6.07, 6.45) is 0.0368. The van der Waals surface area contributed by atoms with Crippen LogP contribution in [0.3, 0.4) is 0 Å². The van der Waals surface area contributed by atoms with Gasteiger partial charge in [0.25, 0.3) is 0 Å². The van der Waals surface area contributed by atoms with Gasteiger partial charge in [0.05, 0.1) is 0 Å². The van der Waals surface area contributed by atoms with Crippen molar-refractivity contribution in [2.75, 3.05) is 13.1 Å². The van der Waals surface area contributed by atoms with E-state index >= 15 is 0 Å². The van der Waals surface area contributed by atoms with Crippen molar-refractivity contribution in [1.29, 1.82) is 0 Å². The minimum Gasteiger partial charge on any atom is -0.480 e.